The fourth-order valence-corrected chi connectivity index (χ4v) is 7.31. The van der Waals surface area contributed by atoms with Gasteiger partial charge in [0.2, 0.25) is 0 Å². The highest BCUT2D eigenvalue weighted by Gasteiger charge is 2.20. The molecule has 0 N–H and O–H groups in total. The summed E-state index contributed by atoms with van der Waals surface area (Å²) in [7, 11) is 0. The predicted molar refractivity (Wildman–Crippen MR) is 197 cm³/mol. The van der Waals surface area contributed by atoms with E-state index in [4.69, 9.17) is 19.9 Å². The summed E-state index contributed by atoms with van der Waals surface area (Å²) in [4.78, 5) is 20.2. The molecule has 0 atom stereocenters. The number of rotatable bonds is 5. The van der Waals surface area contributed by atoms with Crippen molar-refractivity contribution in [3.63, 3.8) is 0 Å². The van der Waals surface area contributed by atoms with E-state index in [0.717, 1.165) is 63.4 Å². The van der Waals surface area contributed by atoms with Gasteiger partial charge in [0.1, 0.15) is 0 Å². The van der Waals surface area contributed by atoms with Gasteiger partial charge in [0.25, 0.3) is 0 Å². The van der Waals surface area contributed by atoms with Gasteiger partial charge in [-0.1, -0.05) is 97.1 Å². The molecule has 0 radical (unpaired) electrons. The van der Waals surface area contributed by atoms with Crippen LogP contribution in [0.25, 0.3) is 78.0 Å². The third-order valence-electron chi connectivity index (χ3n) is 9.45. The molecule has 48 heavy (non-hydrogen) atoms. The number of nitrogens with zero attached hydrogens (tertiary/aromatic N) is 4. The lowest BCUT2D eigenvalue weighted by molar-refractivity contribution is 0.968. The average Bonchev–Trinajstić information content (AvgIpc) is 3.13. The highest BCUT2D eigenvalue weighted by Crippen LogP contribution is 2.42. The quantitative estimate of drug-likeness (QED) is 0.181. The Morgan fingerprint density at radius 1 is 0.417 bits per heavy atom. The Kier molecular flexibility index (Phi) is 6.68. The zero-order chi connectivity index (χ0) is 32.2. The molecular formula is C44H32N4. The fourth-order valence-electron chi connectivity index (χ4n) is 7.31. The van der Waals surface area contributed by atoms with Gasteiger partial charge in [-0.05, 0) is 107 Å². The van der Waals surface area contributed by atoms with Crippen LogP contribution in [0.5, 0.6) is 0 Å². The van der Waals surface area contributed by atoms with Crippen LogP contribution in [0, 0.1) is 13.8 Å². The molecule has 0 unspecified atom stereocenters. The van der Waals surface area contributed by atoms with Crippen molar-refractivity contribution in [1.82, 2.24) is 19.9 Å². The normalized spacial score (nSPS) is 12.2. The zero-order valence-corrected chi connectivity index (χ0v) is 26.9. The molecule has 1 aliphatic carbocycles. The molecule has 0 spiro atoms. The van der Waals surface area contributed by atoms with Crippen LogP contribution in [0.4, 0.5) is 0 Å². The van der Waals surface area contributed by atoms with Crippen molar-refractivity contribution in [3.05, 3.63) is 156 Å². The van der Waals surface area contributed by atoms with Crippen LogP contribution in [-0.2, 0) is 12.8 Å². The maximum absolute atomic E-state index is 5.20. The lowest BCUT2D eigenvalue weighted by Crippen LogP contribution is -2.02. The van der Waals surface area contributed by atoms with Crippen LogP contribution in [0.2, 0.25) is 0 Å². The first-order valence-corrected chi connectivity index (χ1v) is 16.5. The SMILES string of the molecule is Cc1cc(C)nc(-c2cc(-c3nc(-c4ccccc4)cc(-c4ccccc4)n3)cc(-c3cc4cccc5c4c4c(cccc34)CC5)c2)n1. The number of hydrogen-bond acceptors (Lipinski definition) is 4. The van der Waals surface area contributed by atoms with Crippen LogP contribution in [0.1, 0.15) is 22.5 Å². The second kappa shape index (κ2) is 11.4. The molecule has 4 heteroatoms. The average molecular weight is 617 g/mol. The number of aromatic nitrogens is 4. The van der Waals surface area contributed by atoms with Crippen LogP contribution < -0.4 is 0 Å². The second-order valence-electron chi connectivity index (χ2n) is 12.7. The van der Waals surface area contributed by atoms with Crippen molar-refractivity contribution in [2.45, 2.75) is 26.7 Å². The second-order valence-corrected chi connectivity index (χ2v) is 12.7. The standard InChI is InChI=1S/C44H32N4/c1-27-21-28(2)46-43(45-27)35-22-34(38-25-33-17-9-15-31-19-20-32-16-10-18-37(38)42(32)41(31)33)23-36(24-35)44-47-39(29-11-5-3-6-12-29)26-40(48-44)30-13-7-4-8-14-30/h3-18,21-26H,19-20H2,1-2H3. The molecule has 2 heterocycles. The molecule has 0 fully saturated rings. The van der Waals surface area contributed by atoms with Gasteiger partial charge in [-0.15, -0.1) is 0 Å². The summed E-state index contributed by atoms with van der Waals surface area (Å²) >= 11 is 0. The van der Waals surface area contributed by atoms with Crippen LogP contribution in [0.15, 0.2) is 133 Å². The van der Waals surface area contributed by atoms with E-state index in [1.165, 1.54) is 38.2 Å². The molecule has 1 aliphatic rings. The molecule has 0 saturated carbocycles. The fraction of sp³-hybridized carbons (Fsp3) is 0.0909. The van der Waals surface area contributed by atoms with Gasteiger partial charge >= 0.3 is 0 Å². The van der Waals surface area contributed by atoms with Crippen molar-refractivity contribution in [1.29, 1.82) is 0 Å². The Morgan fingerprint density at radius 3 is 1.58 bits per heavy atom. The Bertz CT molecular complexity index is 2440. The number of hydrogen-bond donors (Lipinski definition) is 0. The van der Waals surface area contributed by atoms with Gasteiger partial charge < -0.3 is 0 Å². The first-order valence-electron chi connectivity index (χ1n) is 16.5. The van der Waals surface area contributed by atoms with Crippen molar-refractivity contribution in [3.8, 4) is 56.4 Å². The lowest BCUT2D eigenvalue weighted by atomic mass is 9.83. The van der Waals surface area contributed by atoms with E-state index in [1.807, 2.05) is 32.0 Å². The summed E-state index contributed by atoms with van der Waals surface area (Å²) in [6.45, 7) is 4.05. The highest BCUT2D eigenvalue weighted by molar-refractivity contribution is 6.17. The van der Waals surface area contributed by atoms with Crippen LogP contribution in [-0.4, -0.2) is 19.9 Å². The molecule has 6 aromatic carbocycles. The Labute approximate surface area is 279 Å². The van der Waals surface area contributed by atoms with Gasteiger partial charge in [-0.2, -0.15) is 0 Å². The van der Waals surface area contributed by atoms with E-state index in [0.29, 0.717) is 11.6 Å². The minimum atomic E-state index is 0.664. The summed E-state index contributed by atoms with van der Waals surface area (Å²) in [5.74, 6) is 1.36. The Hall–Kier alpha value is -6.00. The molecule has 0 aliphatic heterocycles. The summed E-state index contributed by atoms with van der Waals surface area (Å²) in [5.41, 5.74) is 12.7. The molecule has 8 aromatic rings. The molecule has 9 rings (SSSR count). The van der Waals surface area contributed by atoms with Crippen molar-refractivity contribution in [2.75, 3.05) is 0 Å². The van der Waals surface area contributed by atoms with E-state index in [1.54, 1.807) is 0 Å². The molecule has 0 amide bonds. The van der Waals surface area contributed by atoms with E-state index < -0.39 is 0 Å². The molecular weight excluding hydrogens is 585 g/mol. The Morgan fingerprint density at radius 2 is 0.958 bits per heavy atom. The monoisotopic (exact) mass is 616 g/mol. The zero-order valence-electron chi connectivity index (χ0n) is 26.9. The van der Waals surface area contributed by atoms with Gasteiger partial charge in [0.05, 0.1) is 11.4 Å². The minimum absolute atomic E-state index is 0.664. The maximum Gasteiger partial charge on any atom is 0.160 e. The van der Waals surface area contributed by atoms with E-state index >= 15 is 0 Å². The largest absolute Gasteiger partial charge is 0.233 e. The van der Waals surface area contributed by atoms with Crippen LogP contribution in [0.3, 0.4) is 0 Å². The van der Waals surface area contributed by atoms with Crippen molar-refractivity contribution < 1.29 is 0 Å². The lowest BCUT2D eigenvalue weighted by Gasteiger charge is -2.21. The van der Waals surface area contributed by atoms with E-state index in [2.05, 4.69) is 115 Å². The molecule has 228 valence electrons. The molecule has 0 bridgehead atoms. The minimum Gasteiger partial charge on any atom is -0.233 e. The predicted octanol–water partition coefficient (Wildman–Crippen LogP) is 10.6. The van der Waals surface area contributed by atoms with E-state index in [-0.39, 0.29) is 0 Å². The highest BCUT2D eigenvalue weighted by atomic mass is 14.9. The van der Waals surface area contributed by atoms with E-state index in [9.17, 15) is 0 Å². The van der Waals surface area contributed by atoms with Gasteiger partial charge in [-0.3, -0.25) is 0 Å². The smallest absolute Gasteiger partial charge is 0.160 e. The van der Waals surface area contributed by atoms with Crippen molar-refractivity contribution >= 4 is 21.5 Å². The third kappa shape index (κ3) is 4.94. The first kappa shape index (κ1) is 28.2. The first-order chi connectivity index (χ1) is 23.6. The number of aryl methyl sites for hydroxylation is 4. The number of benzene rings is 6. The van der Waals surface area contributed by atoms with Gasteiger partial charge in [0.15, 0.2) is 11.6 Å². The Balaban J connectivity index is 1.34. The summed E-state index contributed by atoms with van der Waals surface area (Å²) in [6.07, 6.45) is 2.13. The maximum atomic E-state index is 5.20. The van der Waals surface area contributed by atoms with Gasteiger partial charge in [0, 0.05) is 33.6 Å². The third-order valence-corrected chi connectivity index (χ3v) is 9.45. The van der Waals surface area contributed by atoms with Crippen molar-refractivity contribution in [2.24, 2.45) is 0 Å². The van der Waals surface area contributed by atoms with Crippen LogP contribution >= 0.6 is 0 Å². The summed E-state index contributed by atoms with van der Waals surface area (Å²) in [6, 6.07) is 47.3. The molecule has 4 nitrogen and oxygen atoms in total. The summed E-state index contributed by atoms with van der Waals surface area (Å²) in [5, 5.41) is 5.29. The van der Waals surface area contributed by atoms with Gasteiger partial charge in [-0.25, -0.2) is 19.9 Å². The summed E-state index contributed by atoms with van der Waals surface area (Å²) < 4.78 is 0. The molecule has 2 aromatic heterocycles. The topological polar surface area (TPSA) is 51.6 Å². The molecule has 0 saturated heterocycles.